The smallest absolute Gasteiger partial charge is 0.300 e. The van der Waals surface area contributed by atoms with Crippen molar-refractivity contribution in [2.24, 2.45) is 0 Å². The Hall–Kier alpha value is -2.26. The van der Waals surface area contributed by atoms with Crippen molar-refractivity contribution in [2.45, 2.75) is 0 Å². The molecule has 2 heterocycles. The van der Waals surface area contributed by atoms with Gasteiger partial charge in [-0.3, -0.25) is 9.89 Å². The number of rotatable bonds is 3. The average Bonchev–Trinajstić information content (AvgIpc) is 2.89. The highest BCUT2D eigenvalue weighted by Crippen LogP contribution is 2.30. The molecule has 1 aromatic carbocycles. The van der Waals surface area contributed by atoms with E-state index in [0.29, 0.717) is 26.0 Å². The van der Waals surface area contributed by atoms with E-state index < -0.39 is 0 Å². The number of hydrogen-bond donors (Lipinski definition) is 1. The van der Waals surface area contributed by atoms with Crippen molar-refractivity contribution in [3.63, 3.8) is 0 Å². The lowest BCUT2D eigenvalue weighted by Crippen LogP contribution is -2.19. The number of aromatic amines is 1. The molecule has 1 N–H and O–H groups in total. The molecule has 0 aliphatic carbocycles. The van der Waals surface area contributed by atoms with Crippen molar-refractivity contribution < 1.29 is 9.47 Å². The molecule has 0 saturated heterocycles. The zero-order valence-electron chi connectivity index (χ0n) is 11.1. The number of methoxy groups -OCH3 is 2. The van der Waals surface area contributed by atoms with Crippen molar-refractivity contribution in [3.8, 4) is 22.8 Å². The molecule has 0 amide bonds. The van der Waals surface area contributed by atoms with E-state index in [1.54, 1.807) is 25.3 Å². The number of aromatic nitrogens is 4. The molecular weight excluding hydrogens is 312 g/mol. The van der Waals surface area contributed by atoms with Crippen LogP contribution in [0.15, 0.2) is 23.0 Å². The number of ether oxygens (including phenoxy) is 2. The van der Waals surface area contributed by atoms with E-state index in [4.69, 9.17) is 21.7 Å². The van der Waals surface area contributed by atoms with Gasteiger partial charge in [-0.05, 0) is 24.4 Å². The van der Waals surface area contributed by atoms with Gasteiger partial charge in [0.05, 0.1) is 19.8 Å². The van der Waals surface area contributed by atoms with Crippen LogP contribution in [0.1, 0.15) is 0 Å². The summed E-state index contributed by atoms with van der Waals surface area (Å²) in [7, 11) is 3.07. The largest absolute Gasteiger partial charge is 0.497 e. The zero-order valence-corrected chi connectivity index (χ0v) is 12.7. The predicted molar refractivity (Wildman–Crippen MR) is 80.9 cm³/mol. The molecule has 2 aromatic heterocycles. The number of hydrogen-bond acceptors (Lipinski definition) is 7. The van der Waals surface area contributed by atoms with Crippen LogP contribution in [0.5, 0.6) is 11.5 Å². The number of nitrogens with zero attached hydrogens (tertiary/aromatic N) is 3. The second kappa shape index (κ2) is 5.26. The fourth-order valence-corrected chi connectivity index (χ4v) is 2.82. The topological polar surface area (TPSA) is 81.5 Å². The molecule has 0 atom stereocenters. The second-order valence-corrected chi connectivity index (χ2v) is 5.68. The molecule has 0 saturated carbocycles. The van der Waals surface area contributed by atoms with Gasteiger partial charge in [-0.1, -0.05) is 11.3 Å². The lowest BCUT2D eigenvalue weighted by atomic mass is 10.1. The summed E-state index contributed by atoms with van der Waals surface area (Å²) >= 11 is 6.19. The summed E-state index contributed by atoms with van der Waals surface area (Å²) in [6.07, 6.45) is 0. The van der Waals surface area contributed by atoms with Gasteiger partial charge in [0, 0.05) is 6.07 Å². The van der Waals surface area contributed by atoms with Crippen LogP contribution < -0.4 is 15.0 Å². The maximum atomic E-state index is 12.5. The Balaban J connectivity index is 2.27. The van der Waals surface area contributed by atoms with E-state index in [9.17, 15) is 4.79 Å². The van der Waals surface area contributed by atoms with Crippen molar-refractivity contribution in [3.05, 3.63) is 32.5 Å². The maximum absolute atomic E-state index is 12.5. The summed E-state index contributed by atoms with van der Waals surface area (Å²) < 4.78 is 12.2. The van der Waals surface area contributed by atoms with E-state index in [1.807, 2.05) is 0 Å². The number of H-pyrrole nitrogens is 1. The number of benzene rings is 1. The highest BCUT2D eigenvalue weighted by atomic mass is 32.1. The van der Waals surface area contributed by atoms with E-state index in [2.05, 4.69) is 15.3 Å². The molecule has 21 heavy (non-hydrogen) atoms. The molecule has 7 nitrogen and oxygen atoms in total. The van der Waals surface area contributed by atoms with Gasteiger partial charge in [-0.2, -0.15) is 4.52 Å². The first-order valence-electron chi connectivity index (χ1n) is 5.85. The molecule has 0 spiro atoms. The third-order valence-corrected chi connectivity index (χ3v) is 3.95. The summed E-state index contributed by atoms with van der Waals surface area (Å²) in [6, 6.07) is 5.11. The van der Waals surface area contributed by atoms with Crippen molar-refractivity contribution in [1.82, 2.24) is 19.8 Å². The highest BCUT2D eigenvalue weighted by molar-refractivity contribution is 7.73. The fourth-order valence-electron chi connectivity index (χ4n) is 1.90. The molecule has 0 unspecified atom stereocenters. The second-order valence-electron chi connectivity index (χ2n) is 4.04. The summed E-state index contributed by atoms with van der Waals surface area (Å²) in [4.78, 5) is 12.9. The Morgan fingerprint density at radius 3 is 2.81 bits per heavy atom. The standard InChI is InChI=1S/C12H10N4O3S2/c1-18-6-3-4-7(8(5-6)19-2)9-10(17)16-11(14-13-9)21-12(20)15-16/h3-5H,1-2H3,(H,15,20). The SMILES string of the molecule is COc1ccc(-c2nnc3sc(=S)[nH]n3c2=O)c(OC)c1. The van der Waals surface area contributed by atoms with Crippen molar-refractivity contribution in [2.75, 3.05) is 14.2 Å². The molecular formula is C12H10N4O3S2. The third kappa shape index (κ3) is 2.30. The molecule has 3 aromatic rings. The van der Waals surface area contributed by atoms with Gasteiger partial charge in [0.2, 0.25) is 4.96 Å². The van der Waals surface area contributed by atoms with E-state index in [1.165, 1.54) is 23.0 Å². The third-order valence-electron chi connectivity index (χ3n) is 2.88. The Morgan fingerprint density at radius 1 is 1.29 bits per heavy atom. The van der Waals surface area contributed by atoms with Crippen LogP contribution in [-0.2, 0) is 0 Å². The van der Waals surface area contributed by atoms with Gasteiger partial charge in [-0.25, -0.2) is 0 Å². The Bertz CT molecular complexity index is 928. The monoisotopic (exact) mass is 322 g/mol. The zero-order chi connectivity index (χ0) is 15.0. The van der Waals surface area contributed by atoms with Crippen LogP contribution in [-0.4, -0.2) is 34.0 Å². The minimum absolute atomic E-state index is 0.177. The van der Waals surface area contributed by atoms with Crippen LogP contribution in [0.4, 0.5) is 0 Å². The molecule has 108 valence electrons. The number of nitrogens with one attached hydrogen (secondary N) is 1. The highest BCUT2D eigenvalue weighted by Gasteiger charge is 2.15. The van der Waals surface area contributed by atoms with Gasteiger partial charge >= 0.3 is 0 Å². The molecule has 0 aliphatic rings. The van der Waals surface area contributed by atoms with E-state index in [-0.39, 0.29) is 11.3 Å². The summed E-state index contributed by atoms with van der Waals surface area (Å²) in [5, 5.41) is 10.8. The van der Waals surface area contributed by atoms with Crippen molar-refractivity contribution >= 4 is 28.5 Å². The fraction of sp³-hybridized carbons (Fsp3) is 0.167. The summed E-state index contributed by atoms with van der Waals surface area (Å²) in [5.41, 5.74) is 0.377. The summed E-state index contributed by atoms with van der Waals surface area (Å²) in [6.45, 7) is 0. The van der Waals surface area contributed by atoms with Crippen LogP contribution >= 0.6 is 23.6 Å². The van der Waals surface area contributed by atoms with Crippen LogP contribution in [0.2, 0.25) is 0 Å². The Kier molecular flexibility index (Phi) is 3.43. The van der Waals surface area contributed by atoms with Crippen LogP contribution in [0.3, 0.4) is 0 Å². The molecule has 9 heteroatoms. The first kappa shape index (κ1) is 13.7. The molecule has 0 aliphatic heterocycles. The van der Waals surface area contributed by atoms with Crippen LogP contribution in [0, 0.1) is 3.95 Å². The predicted octanol–water partition coefficient (Wildman–Crippen LogP) is 1.89. The number of fused-ring (bicyclic) bond motifs is 1. The first-order chi connectivity index (χ1) is 10.1. The van der Waals surface area contributed by atoms with E-state index >= 15 is 0 Å². The van der Waals surface area contributed by atoms with Gasteiger partial charge in [0.15, 0.2) is 9.65 Å². The van der Waals surface area contributed by atoms with Crippen LogP contribution in [0.25, 0.3) is 16.2 Å². The molecule has 0 fully saturated rings. The first-order valence-corrected chi connectivity index (χ1v) is 7.07. The maximum Gasteiger partial charge on any atom is 0.300 e. The van der Waals surface area contributed by atoms with E-state index in [0.717, 1.165) is 0 Å². The van der Waals surface area contributed by atoms with Crippen molar-refractivity contribution in [1.29, 1.82) is 0 Å². The normalized spacial score (nSPS) is 10.8. The summed E-state index contributed by atoms with van der Waals surface area (Å²) in [5.74, 6) is 1.11. The Labute approximate surface area is 127 Å². The van der Waals surface area contributed by atoms with Gasteiger partial charge in [-0.15, -0.1) is 10.2 Å². The van der Waals surface area contributed by atoms with Gasteiger partial charge in [0.1, 0.15) is 11.5 Å². The molecule has 0 radical (unpaired) electrons. The molecule has 0 bridgehead atoms. The van der Waals surface area contributed by atoms with Gasteiger partial charge < -0.3 is 9.47 Å². The lowest BCUT2D eigenvalue weighted by molar-refractivity contribution is 0.395. The Morgan fingerprint density at radius 2 is 2.10 bits per heavy atom. The minimum Gasteiger partial charge on any atom is -0.497 e. The van der Waals surface area contributed by atoms with Gasteiger partial charge in [0.25, 0.3) is 5.56 Å². The molecule has 3 rings (SSSR count). The lowest BCUT2D eigenvalue weighted by Gasteiger charge is -2.08. The quantitative estimate of drug-likeness (QED) is 0.742. The minimum atomic E-state index is -0.337. The average molecular weight is 322 g/mol.